The Hall–Kier alpha value is -2.69. The molecule has 0 aliphatic heterocycles. The van der Waals surface area contributed by atoms with E-state index in [4.69, 9.17) is 4.84 Å². The maximum absolute atomic E-state index is 10.8. The van der Waals surface area contributed by atoms with Crippen LogP contribution >= 0.6 is 0 Å². The summed E-state index contributed by atoms with van der Waals surface area (Å²) in [5, 5.41) is 14.8. The predicted octanol–water partition coefficient (Wildman–Crippen LogP) is 2.99. The number of benzene rings is 2. The average molecular weight is 256 g/mol. The summed E-state index contributed by atoms with van der Waals surface area (Å²) in [5.41, 5.74) is 2.07. The topological polar surface area (TPSA) is 64.7 Å². The molecule has 0 aliphatic carbocycles. The van der Waals surface area contributed by atoms with E-state index < -0.39 is 4.92 Å². The van der Waals surface area contributed by atoms with Crippen molar-refractivity contribution in [2.75, 3.05) is 7.11 Å². The van der Waals surface area contributed by atoms with Gasteiger partial charge in [-0.05, 0) is 0 Å². The van der Waals surface area contributed by atoms with Crippen LogP contribution < -0.4 is 0 Å². The Labute approximate surface area is 110 Å². The molecular formula is C14H12N2O3. The van der Waals surface area contributed by atoms with E-state index in [1.54, 1.807) is 12.1 Å². The Bertz CT molecular complexity index is 609. The van der Waals surface area contributed by atoms with E-state index in [9.17, 15) is 10.1 Å². The summed E-state index contributed by atoms with van der Waals surface area (Å²) >= 11 is 0. The molecule has 5 heteroatoms. The third kappa shape index (κ3) is 2.95. The SMILES string of the molecule is CO/N=C(\c1ccccc1)c1cccc([N+](=O)[O-])c1. The van der Waals surface area contributed by atoms with Crippen LogP contribution in [0.25, 0.3) is 0 Å². The van der Waals surface area contributed by atoms with Gasteiger partial charge in [-0.2, -0.15) is 0 Å². The molecule has 0 saturated heterocycles. The third-order valence-corrected chi connectivity index (χ3v) is 2.56. The fourth-order valence-electron chi connectivity index (χ4n) is 1.73. The monoisotopic (exact) mass is 256 g/mol. The lowest BCUT2D eigenvalue weighted by molar-refractivity contribution is -0.384. The van der Waals surface area contributed by atoms with Crippen LogP contribution in [0, 0.1) is 10.1 Å². The van der Waals surface area contributed by atoms with Crippen molar-refractivity contribution in [2.45, 2.75) is 0 Å². The number of non-ortho nitro benzene ring substituents is 1. The highest BCUT2D eigenvalue weighted by Crippen LogP contribution is 2.17. The van der Waals surface area contributed by atoms with Crippen LogP contribution in [0.4, 0.5) is 5.69 Å². The molecule has 5 nitrogen and oxygen atoms in total. The summed E-state index contributed by atoms with van der Waals surface area (Å²) < 4.78 is 0. The largest absolute Gasteiger partial charge is 0.399 e. The normalized spacial score (nSPS) is 11.1. The lowest BCUT2D eigenvalue weighted by Gasteiger charge is -2.05. The first-order chi connectivity index (χ1) is 9.22. The van der Waals surface area contributed by atoms with Crippen molar-refractivity contribution in [2.24, 2.45) is 5.16 Å². The number of oxime groups is 1. The fourth-order valence-corrected chi connectivity index (χ4v) is 1.73. The highest BCUT2D eigenvalue weighted by Gasteiger charge is 2.12. The van der Waals surface area contributed by atoms with Crippen LogP contribution in [0.15, 0.2) is 59.8 Å². The summed E-state index contributed by atoms with van der Waals surface area (Å²) in [6.45, 7) is 0. The van der Waals surface area contributed by atoms with Gasteiger partial charge in [0.2, 0.25) is 0 Å². The van der Waals surface area contributed by atoms with Crippen molar-refractivity contribution < 1.29 is 9.76 Å². The summed E-state index contributed by atoms with van der Waals surface area (Å²) in [5.74, 6) is 0. The lowest BCUT2D eigenvalue weighted by atomic mass is 10.0. The van der Waals surface area contributed by atoms with Crippen LogP contribution in [-0.2, 0) is 4.84 Å². The van der Waals surface area contributed by atoms with Gasteiger partial charge in [-0.25, -0.2) is 0 Å². The van der Waals surface area contributed by atoms with Crippen molar-refractivity contribution in [1.82, 2.24) is 0 Å². The molecule has 0 radical (unpaired) electrons. The van der Waals surface area contributed by atoms with Crippen molar-refractivity contribution >= 4 is 11.4 Å². The lowest BCUT2D eigenvalue weighted by Crippen LogP contribution is -2.04. The van der Waals surface area contributed by atoms with Crippen LogP contribution in [-0.4, -0.2) is 17.7 Å². The Balaban J connectivity index is 2.49. The predicted molar refractivity (Wildman–Crippen MR) is 72.2 cm³/mol. The first-order valence-corrected chi connectivity index (χ1v) is 5.64. The van der Waals surface area contributed by atoms with Gasteiger partial charge in [0.15, 0.2) is 0 Å². The van der Waals surface area contributed by atoms with E-state index in [0.29, 0.717) is 11.3 Å². The maximum atomic E-state index is 10.8. The molecule has 0 amide bonds. The number of hydrogen-bond acceptors (Lipinski definition) is 4. The first-order valence-electron chi connectivity index (χ1n) is 5.64. The van der Waals surface area contributed by atoms with Crippen LogP contribution in [0.2, 0.25) is 0 Å². The van der Waals surface area contributed by atoms with Crippen molar-refractivity contribution in [1.29, 1.82) is 0 Å². The highest BCUT2D eigenvalue weighted by molar-refractivity contribution is 6.12. The van der Waals surface area contributed by atoms with E-state index >= 15 is 0 Å². The molecule has 96 valence electrons. The molecule has 0 saturated carbocycles. The number of nitro benzene ring substituents is 1. The molecule has 0 aliphatic rings. The minimum absolute atomic E-state index is 0.0252. The zero-order valence-electron chi connectivity index (χ0n) is 10.3. The summed E-state index contributed by atoms with van der Waals surface area (Å²) in [4.78, 5) is 15.2. The van der Waals surface area contributed by atoms with Gasteiger partial charge in [0.05, 0.1) is 4.92 Å². The molecule has 0 fully saturated rings. The Kier molecular flexibility index (Phi) is 3.87. The molecular weight excluding hydrogens is 244 g/mol. The van der Waals surface area contributed by atoms with Crippen molar-refractivity contribution in [3.05, 3.63) is 75.8 Å². The van der Waals surface area contributed by atoms with Gasteiger partial charge >= 0.3 is 0 Å². The molecule has 0 bridgehead atoms. The zero-order chi connectivity index (χ0) is 13.7. The molecule has 0 unspecified atom stereocenters. The fraction of sp³-hybridized carbons (Fsp3) is 0.0714. The Morgan fingerprint density at radius 1 is 1.11 bits per heavy atom. The van der Waals surface area contributed by atoms with Gasteiger partial charge in [-0.1, -0.05) is 47.6 Å². The smallest absolute Gasteiger partial charge is 0.270 e. The van der Waals surface area contributed by atoms with E-state index in [1.807, 2.05) is 30.3 Å². The summed E-state index contributed by atoms with van der Waals surface area (Å²) in [6, 6.07) is 15.7. The van der Waals surface area contributed by atoms with E-state index in [1.165, 1.54) is 19.2 Å². The molecule has 0 spiro atoms. The third-order valence-electron chi connectivity index (χ3n) is 2.56. The molecule has 0 aromatic heterocycles. The van der Waals surface area contributed by atoms with E-state index in [2.05, 4.69) is 5.16 Å². The molecule has 0 N–H and O–H groups in total. The minimum atomic E-state index is -0.432. The number of hydrogen-bond donors (Lipinski definition) is 0. The van der Waals surface area contributed by atoms with Gasteiger partial charge in [-0.3, -0.25) is 10.1 Å². The average Bonchev–Trinajstić information content (AvgIpc) is 2.46. The molecule has 19 heavy (non-hydrogen) atoms. The van der Waals surface area contributed by atoms with E-state index in [-0.39, 0.29) is 5.69 Å². The van der Waals surface area contributed by atoms with Crippen LogP contribution in [0.1, 0.15) is 11.1 Å². The minimum Gasteiger partial charge on any atom is -0.399 e. The van der Waals surface area contributed by atoms with Crippen molar-refractivity contribution in [3.8, 4) is 0 Å². The van der Waals surface area contributed by atoms with Gasteiger partial charge in [0, 0.05) is 23.3 Å². The van der Waals surface area contributed by atoms with Gasteiger partial charge in [0.1, 0.15) is 12.8 Å². The Morgan fingerprint density at radius 3 is 2.42 bits per heavy atom. The molecule has 0 heterocycles. The second-order valence-corrected chi connectivity index (χ2v) is 3.80. The van der Waals surface area contributed by atoms with Crippen molar-refractivity contribution in [3.63, 3.8) is 0 Å². The second kappa shape index (κ2) is 5.77. The van der Waals surface area contributed by atoms with Gasteiger partial charge in [-0.15, -0.1) is 0 Å². The zero-order valence-corrected chi connectivity index (χ0v) is 10.3. The number of nitro groups is 1. The van der Waals surface area contributed by atoms with Gasteiger partial charge < -0.3 is 4.84 Å². The summed E-state index contributed by atoms with van der Waals surface area (Å²) in [6.07, 6.45) is 0. The van der Waals surface area contributed by atoms with Crippen LogP contribution in [0.5, 0.6) is 0 Å². The standard InChI is InChI=1S/C14H12N2O3/c1-19-15-14(11-6-3-2-4-7-11)12-8-5-9-13(10-12)16(17)18/h2-10H,1H3/b15-14+. The molecule has 2 aromatic rings. The van der Waals surface area contributed by atoms with Gasteiger partial charge in [0.25, 0.3) is 5.69 Å². The molecule has 2 rings (SSSR count). The van der Waals surface area contributed by atoms with E-state index in [0.717, 1.165) is 5.56 Å². The Morgan fingerprint density at radius 2 is 1.79 bits per heavy atom. The quantitative estimate of drug-likeness (QED) is 0.480. The number of nitrogens with zero attached hydrogens (tertiary/aromatic N) is 2. The first kappa shape index (κ1) is 12.8. The maximum Gasteiger partial charge on any atom is 0.270 e. The summed E-state index contributed by atoms with van der Waals surface area (Å²) in [7, 11) is 1.44. The number of rotatable bonds is 4. The van der Waals surface area contributed by atoms with Crippen LogP contribution in [0.3, 0.4) is 0 Å². The molecule has 0 atom stereocenters. The molecule has 2 aromatic carbocycles. The highest BCUT2D eigenvalue weighted by atomic mass is 16.6. The second-order valence-electron chi connectivity index (χ2n) is 3.80.